The molecule has 30 heavy (non-hydrogen) atoms. The monoisotopic (exact) mass is 424 g/mol. The third kappa shape index (κ3) is 4.24. The molecular formula is C24H25FN2O2S. The first-order chi connectivity index (χ1) is 14.5. The van der Waals surface area contributed by atoms with Crippen LogP contribution in [0, 0.1) is 12.7 Å². The van der Waals surface area contributed by atoms with Gasteiger partial charge in [-0.2, -0.15) is 0 Å². The second-order valence-corrected chi connectivity index (χ2v) is 8.73. The number of aryl methyl sites for hydroxylation is 2. The van der Waals surface area contributed by atoms with E-state index in [2.05, 4.69) is 12.1 Å². The number of rotatable bonds is 5. The Morgan fingerprint density at radius 3 is 2.37 bits per heavy atom. The van der Waals surface area contributed by atoms with Gasteiger partial charge in [0.15, 0.2) is 0 Å². The molecule has 4 nitrogen and oxygen atoms in total. The lowest BCUT2D eigenvalue weighted by Crippen LogP contribution is -2.50. The van der Waals surface area contributed by atoms with Gasteiger partial charge in [-0.3, -0.25) is 9.59 Å². The minimum Gasteiger partial charge on any atom is -0.339 e. The van der Waals surface area contributed by atoms with Gasteiger partial charge in [-0.25, -0.2) is 4.39 Å². The van der Waals surface area contributed by atoms with Crippen molar-refractivity contribution in [1.29, 1.82) is 0 Å². The second-order valence-electron chi connectivity index (χ2n) is 7.68. The lowest BCUT2D eigenvalue weighted by molar-refractivity contribution is -0.132. The Balaban J connectivity index is 1.32. The number of carbonyl (C=O) groups excluding carboxylic acids is 2. The standard InChI is InChI=1S/C24H25FN2O2S/c1-17-22-19(25)10-6-11-20(22)30-23(17)24(29)27-15-13-26(14-16-27)21(28)12-5-9-18-7-3-2-4-8-18/h2-4,6-8,10-11H,5,9,12-16H2,1H3. The van der Waals surface area contributed by atoms with Crippen LogP contribution in [0.1, 0.15) is 33.6 Å². The molecule has 2 aromatic carbocycles. The van der Waals surface area contributed by atoms with Crippen LogP contribution < -0.4 is 0 Å². The average Bonchev–Trinajstić information content (AvgIpc) is 3.11. The van der Waals surface area contributed by atoms with Crippen molar-refractivity contribution in [1.82, 2.24) is 9.80 Å². The van der Waals surface area contributed by atoms with E-state index in [0.29, 0.717) is 48.4 Å². The van der Waals surface area contributed by atoms with Gasteiger partial charge in [0.05, 0.1) is 4.88 Å². The van der Waals surface area contributed by atoms with Crippen LogP contribution in [-0.2, 0) is 11.2 Å². The number of hydrogen-bond acceptors (Lipinski definition) is 3. The van der Waals surface area contributed by atoms with Crippen molar-refractivity contribution in [3.8, 4) is 0 Å². The topological polar surface area (TPSA) is 40.6 Å². The maximum atomic E-state index is 14.2. The fraction of sp³-hybridized carbons (Fsp3) is 0.333. The Bertz CT molecular complexity index is 1060. The molecule has 2 amide bonds. The molecule has 1 fully saturated rings. The van der Waals surface area contributed by atoms with E-state index in [1.165, 1.54) is 23.0 Å². The number of benzene rings is 2. The quantitative estimate of drug-likeness (QED) is 0.598. The number of fused-ring (bicyclic) bond motifs is 1. The van der Waals surface area contributed by atoms with Gasteiger partial charge in [0.1, 0.15) is 5.82 Å². The van der Waals surface area contributed by atoms with Crippen LogP contribution in [0.5, 0.6) is 0 Å². The highest BCUT2D eigenvalue weighted by Crippen LogP contribution is 2.33. The van der Waals surface area contributed by atoms with Crippen molar-refractivity contribution in [3.63, 3.8) is 0 Å². The summed E-state index contributed by atoms with van der Waals surface area (Å²) in [6.45, 7) is 3.93. The fourth-order valence-electron chi connectivity index (χ4n) is 4.01. The van der Waals surface area contributed by atoms with Crippen LogP contribution in [0.25, 0.3) is 10.1 Å². The summed E-state index contributed by atoms with van der Waals surface area (Å²) in [5.41, 5.74) is 1.95. The number of piperazine rings is 1. The van der Waals surface area contributed by atoms with E-state index in [1.54, 1.807) is 11.0 Å². The van der Waals surface area contributed by atoms with Gasteiger partial charge >= 0.3 is 0 Å². The van der Waals surface area contributed by atoms with Gasteiger partial charge < -0.3 is 9.80 Å². The molecule has 6 heteroatoms. The summed E-state index contributed by atoms with van der Waals surface area (Å²) >= 11 is 1.34. The average molecular weight is 425 g/mol. The third-order valence-electron chi connectivity index (χ3n) is 5.72. The molecule has 1 saturated heterocycles. The summed E-state index contributed by atoms with van der Waals surface area (Å²) in [5.74, 6) is -0.200. The number of amides is 2. The van der Waals surface area contributed by atoms with Gasteiger partial charge in [-0.15, -0.1) is 11.3 Å². The minimum absolute atomic E-state index is 0.0655. The molecule has 3 aromatic rings. The molecule has 0 saturated carbocycles. The first kappa shape index (κ1) is 20.5. The summed E-state index contributed by atoms with van der Waals surface area (Å²) in [7, 11) is 0. The SMILES string of the molecule is Cc1c(C(=O)N2CCN(C(=O)CCCc3ccccc3)CC2)sc2cccc(F)c12. The molecule has 4 rings (SSSR count). The van der Waals surface area contributed by atoms with Gasteiger partial charge in [0.2, 0.25) is 5.91 Å². The summed E-state index contributed by atoms with van der Waals surface area (Å²) < 4.78 is 14.9. The Labute approximate surface area is 179 Å². The number of hydrogen-bond donors (Lipinski definition) is 0. The lowest BCUT2D eigenvalue weighted by Gasteiger charge is -2.34. The van der Waals surface area contributed by atoms with Crippen molar-refractivity contribution < 1.29 is 14.0 Å². The molecule has 1 aromatic heterocycles. The Hall–Kier alpha value is -2.73. The Kier molecular flexibility index (Phi) is 6.13. The van der Waals surface area contributed by atoms with Crippen molar-refractivity contribution in [2.45, 2.75) is 26.2 Å². The van der Waals surface area contributed by atoms with Gasteiger partial charge in [-0.1, -0.05) is 36.4 Å². The third-order valence-corrected chi connectivity index (χ3v) is 6.96. The van der Waals surface area contributed by atoms with Crippen molar-refractivity contribution >= 4 is 33.2 Å². The smallest absolute Gasteiger partial charge is 0.264 e. The number of carbonyl (C=O) groups is 2. The summed E-state index contributed by atoms with van der Waals surface area (Å²) in [5, 5.41) is 0.540. The van der Waals surface area contributed by atoms with Crippen LogP contribution in [0.2, 0.25) is 0 Å². The maximum absolute atomic E-state index is 14.2. The van der Waals surface area contributed by atoms with Crippen LogP contribution in [-0.4, -0.2) is 47.8 Å². The highest BCUT2D eigenvalue weighted by Gasteiger charge is 2.27. The molecule has 1 aliphatic rings. The largest absolute Gasteiger partial charge is 0.339 e. The van der Waals surface area contributed by atoms with E-state index in [9.17, 15) is 14.0 Å². The highest BCUT2D eigenvalue weighted by molar-refractivity contribution is 7.21. The summed E-state index contributed by atoms with van der Waals surface area (Å²) in [4.78, 5) is 29.8. The molecular weight excluding hydrogens is 399 g/mol. The molecule has 0 unspecified atom stereocenters. The van der Waals surface area contributed by atoms with E-state index < -0.39 is 0 Å². The maximum Gasteiger partial charge on any atom is 0.264 e. The van der Waals surface area contributed by atoms with E-state index in [0.717, 1.165) is 17.5 Å². The Morgan fingerprint density at radius 2 is 1.67 bits per heavy atom. The van der Waals surface area contributed by atoms with Crippen molar-refractivity contribution in [3.05, 3.63) is 70.4 Å². The molecule has 0 N–H and O–H groups in total. The molecule has 0 aliphatic carbocycles. The van der Waals surface area contributed by atoms with Crippen molar-refractivity contribution in [2.75, 3.05) is 26.2 Å². The molecule has 156 valence electrons. The molecule has 2 heterocycles. The van der Waals surface area contributed by atoms with E-state index in [-0.39, 0.29) is 17.6 Å². The minimum atomic E-state index is -0.286. The van der Waals surface area contributed by atoms with Crippen molar-refractivity contribution in [2.24, 2.45) is 0 Å². The predicted octanol–water partition coefficient (Wildman–Crippen LogP) is 4.66. The van der Waals surface area contributed by atoms with Crippen LogP contribution >= 0.6 is 11.3 Å². The van der Waals surface area contributed by atoms with Gasteiger partial charge in [0.25, 0.3) is 5.91 Å². The normalized spacial score (nSPS) is 14.3. The lowest BCUT2D eigenvalue weighted by atomic mass is 10.1. The van der Waals surface area contributed by atoms with Crippen LogP contribution in [0.15, 0.2) is 48.5 Å². The van der Waals surface area contributed by atoms with Crippen LogP contribution in [0.4, 0.5) is 4.39 Å². The van der Waals surface area contributed by atoms with E-state index >= 15 is 0 Å². The second kappa shape index (κ2) is 8.96. The fourth-order valence-corrected chi connectivity index (χ4v) is 5.20. The van der Waals surface area contributed by atoms with Gasteiger partial charge in [0, 0.05) is 42.7 Å². The van der Waals surface area contributed by atoms with Crippen LogP contribution in [0.3, 0.4) is 0 Å². The summed E-state index contributed by atoms with van der Waals surface area (Å²) in [6.07, 6.45) is 2.25. The molecule has 0 atom stereocenters. The summed E-state index contributed by atoms with van der Waals surface area (Å²) in [6, 6.07) is 15.1. The zero-order chi connectivity index (χ0) is 21.1. The first-order valence-corrected chi connectivity index (χ1v) is 11.1. The number of nitrogens with zero attached hydrogens (tertiary/aromatic N) is 2. The van der Waals surface area contributed by atoms with Gasteiger partial charge in [-0.05, 0) is 43.0 Å². The number of halogens is 1. The van der Waals surface area contributed by atoms with E-state index in [4.69, 9.17) is 0 Å². The molecule has 0 bridgehead atoms. The number of thiophene rings is 1. The Morgan fingerprint density at radius 1 is 0.967 bits per heavy atom. The molecule has 0 radical (unpaired) electrons. The highest BCUT2D eigenvalue weighted by atomic mass is 32.1. The zero-order valence-corrected chi connectivity index (χ0v) is 17.9. The predicted molar refractivity (Wildman–Crippen MR) is 118 cm³/mol. The first-order valence-electron chi connectivity index (χ1n) is 10.3. The molecule has 1 aliphatic heterocycles. The zero-order valence-electron chi connectivity index (χ0n) is 17.1. The molecule has 0 spiro atoms. The van der Waals surface area contributed by atoms with E-state index in [1.807, 2.05) is 36.1 Å².